The number of aliphatic carboxylic acids is 1. The van der Waals surface area contributed by atoms with Gasteiger partial charge in [0.05, 0.1) is 0 Å². The number of piperidine rings is 1. The van der Waals surface area contributed by atoms with Gasteiger partial charge in [-0.3, -0.25) is 0 Å². The first-order chi connectivity index (χ1) is 14.7. The average molecular weight is 437 g/mol. The zero-order chi connectivity index (χ0) is 22.4. The van der Waals surface area contributed by atoms with E-state index in [0.29, 0.717) is 6.04 Å². The summed E-state index contributed by atoms with van der Waals surface area (Å²) in [6, 6.07) is 16.0. The van der Waals surface area contributed by atoms with Crippen LogP contribution in [-0.4, -0.2) is 41.4 Å². The van der Waals surface area contributed by atoms with Crippen molar-refractivity contribution in [2.24, 2.45) is 0 Å². The van der Waals surface area contributed by atoms with Crippen LogP contribution < -0.4 is 10.2 Å². The highest BCUT2D eigenvalue weighted by atomic mass is 19.4. The molecule has 0 spiro atoms. The standard InChI is InChI=1S/C20H22FN3.C2HF3O2/c21-17-3-1-2-15(12-17)14-24(18-7-9-22-10-8-18)19-4-5-20-16(13-19)6-11-23-20;3-2(4,5)1(6)7/h1-6,11-13,18,22-23H,7-10,14H2;(H,6,7). The molecule has 5 nitrogen and oxygen atoms in total. The normalized spacial score (nSPS) is 14.7. The molecular formula is C22H23F4N3O2. The topological polar surface area (TPSA) is 68.4 Å². The van der Waals surface area contributed by atoms with E-state index in [2.05, 4.69) is 39.5 Å². The van der Waals surface area contributed by atoms with Crippen molar-refractivity contribution in [3.8, 4) is 0 Å². The molecule has 0 amide bonds. The van der Waals surface area contributed by atoms with Crippen molar-refractivity contribution >= 4 is 22.6 Å². The fourth-order valence-corrected chi connectivity index (χ4v) is 3.60. The molecule has 0 bridgehead atoms. The maximum Gasteiger partial charge on any atom is 0.490 e. The van der Waals surface area contributed by atoms with E-state index in [1.54, 1.807) is 12.1 Å². The molecule has 0 atom stereocenters. The Labute approximate surface area is 176 Å². The summed E-state index contributed by atoms with van der Waals surface area (Å²) in [6.45, 7) is 2.81. The van der Waals surface area contributed by atoms with Gasteiger partial charge in [-0.2, -0.15) is 13.2 Å². The Bertz CT molecular complexity index is 1010. The summed E-state index contributed by atoms with van der Waals surface area (Å²) in [5.41, 5.74) is 3.37. The van der Waals surface area contributed by atoms with E-state index in [1.807, 2.05) is 12.3 Å². The fraction of sp³-hybridized carbons (Fsp3) is 0.318. The highest BCUT2D eigenvalue weighted by Crippen LogP contribution is 2.27. The first-order valence-electron chi connectivity index (χ1n) is 9.83. The SMILES string of the molecule is Fc1cccc(CN(c2ccc3[nH]ccc3c2)C2CCNCC2)c1.O=C(O)C(F)(F)F. The Morgan fingerprint density at radius 1 is 1.10 bits per heavy atom. The monoisotopic (exact) mass is 437 g/mol. The van der Waals surface area contributed by atoms with Crippen molar-refractivity contribution in [3.05, 3.63) is 66.1 Å². The van der Waals surface area contributed by atoms with Gasteiger partial charge >= 0.3 is 12.1 Å². The van der Waals surface area contributed by atoms with E-state index in [4.69, 9.17) is 9.90 Å². The second-order valence-corrected chi connectivity index (χ2v) is 7.29. The van der Waals surface area contributed by atoms with E-state index in [0.717, 1.165) is 43.6 Å². The molecule has 3 N–H and O–H groups in total. The van der Waals surface area contributed by atoms with Gasteiger partial charge in [0.25, 0.3) is 0 Å². The van der Waals surface area contributed by atoms with Crippen molar-refractivity contribution in [1.82, 2.24) is 10.3 Å². The quantitative estimate of drug-likeness (QED) is 0.518. The van der Waals surface area contributed by atoms with Gasteiger partial charge in [-0.1, -0.05) is 12.1 Å². The molecule has 0 saturated carbocycles. The number of halogens is 4. The number of alkyl halides is 3. The maximum absolute atomic E-state index is 13.6. The molecule has 0 unspecified atom stereocenters. The van der Waals surface area contributed by atoms with Gasteiger partial charge in [-0.15, -0.1) is 0 Å². The summed E-state index contributed by atoms with van der Waals surface area (Å²) in [6.07, 6.45) is -0.892. The van der Waals surface area contributed by atoms with Crippen molar-refractivity contribution in [2.45, 2.75) is 31.6 Å². The van der Waals surface area contributed by atoms with Crippen LogP contribution in [0.15, 0.2) is 54.7 Å². The Balaban J connectivity index is 0.000000339. The molecule has 1 fully saturated rings. The minimum Gasteiger partial charge on any atom is -0.475 e. The molecule has 1 saturated heterocycles. The summed E-state index contributed by atoms with van der Waals surface area (Å²) in [5, 5.41) is 11.8. The van der Waals surface area contributed by atoms with Crippen molar-refractivity contribution in [1.29, 1.82) is 0 Å². The van der Waals surface area contributed by atoms with Gasteiger partial charge in [0.2, 0.25) is 0 Å². The van der Waals surface area contributed by atoms with Crippen LogP contribution in [0.1, 0.15) is 18.4 Å². The van der Waals surface area contributed by atoms with E-state index in [9.17, 15) is 17.6 Å². The number of carboxylic acids is 1. The van der Waals surface area contributed by atoms with Crippen molar-refractivity contribution in [3.63, 3.8) is 0 Å². The van der Waals surface area contributed by atoms with Crippen molar-refractivity contribution in [2.75, 3.05) is 18.0 Å². The molecule has 1 aliphatic rings. The molecule has 2 heterocycles. The molecule has 4 rings (SSSR count). The van der Waals surface area contributed by atoms with E-state index < -0.39 is 12.1 Å². The number of hydrogen-bond donors (Lipinski definition) is 3. The molecule has 31 heavy (non-hydrogen) atoms. The highest BCUT2D eigenvalue weighted by molar-refractivity contribution is 5.83. The number of benzene rings is 2. The number of H-pyrrole nitrogens is 1. The third kappa shape index (κ3) is 6.21. The minimum atomic E-state index is -5.08. The van der Waals surface area contributed by atoms with Gasteiger partial charge in [-0.05, 0) is 67.9 Å². The molecule has 1 aliphatic heterocycles. The van der Waals surface area contributed by atoms with Gasteiger partial charge in [0.1, 0.15) is 5.82 Å². The van der Waals surface area contributed by atoms with Crippen LogP contribution in [0.3, 0.4) is 0 Å². The lowest BCUT2D eigenvalue weighted by molar-refractivity contribution is -0.192. The van der Waals surface area contributed by atoms with Crippen LogP contribution in [0, 0.1) is 5.82 Å². The number of anilines is 1. The lowest BCUT2D eigenvalue weighted by Crippen LogP contribution is -2.43. The van der Waals surface area contributed by atoms with Crippen LogP contribution in [0.2, 0.25) is 0 Å². The Hall–Kier alpha value is -3.07. The van der Waals surface area contributed by atoms with E-state index in [-0.39, 0.29) is 5.82 Å². The first-order valence-corrected chi connectivity index (χ1v) is 9.83. The predicted molar refractivity (Wildman–Crippen MR) is 110 cm³/mol. The Morgan fingerprint density at radius 2 is 1.81 bits per heavy atom. The maximum atomic E-state index is 13.6. The molecule has 9 heteroatoms. The van der Waals surface area contributed by atoms with Gasteiger partial charge in [-0.25, -0.2) is 9.18 Å². The number of carbonyl (C=O) groups is 1. The zero-order valence-corrected chi connectivity index (χ0v) is 16.6. The summed E-state index contributed by atoms with van der Waals surface area (Å²) in [7, 11) is 0. The van der Waals surface area contributed by atoms with Crippen LogP contribution in [0.5, 0.6) is 0 Å². The molecule has 1 aromatic heterocycles. The van der Waals surface area contributed by atoms with Crippen LogP contribution >= 0.6 is 0 Å². The molecule has 166 valence electrons. The van der Waals surface area contributed by atoms with Gasteiger partial charge in [0, 0.05) is 35.4 Å². The fourth-order valence-electron chi connectivity index (χ4n) is 3.60. The third-order valence-electron chi connectivity index (χ3n) is 5.10. The number of rotatable bonds is 4. The lowest BCUT2D eigenvalue weighted by Gasteiger charge is -2.36. The van der Waals surface area contributed by atoms with E-state index >= 15 is 0 Å². The summed E-state index contributed by atoms with van der Waals surface area (Å²) >= 11 is 0. The molecular weight excluding hydrogens is 414 g/mol. The molecule has 3 aromatic rings. The summed E-state index contributed by atoms with van der Waals surface area (Å²) < 4.78 is 45.3. The minimum absolute atomic E-state index is 0.168. The van der Waals surface area contributed by atoms with Crippen LogP contribution in [0.25, 0.3) is 10.9 Å². The molecule has 0 radical (unpaired) electrons. The smallest absolute Gasteiger partial charge is 0.475 e. The number of aromatic amines is 1. The summed E-state index contributed by atoms with van der Waals surface area (Å²) in [4.78, 5) is 14.6. The third-order valence-corrected chi connectivity index (χ3v) is 5.10. The predicted octanol–water partition coefficient (Wildman–Crippen LogP) is 4.70. The number of nitrogens with one attached hydrogen (secondary N) is 2. The summed E-state index contributed by atoms with van der Waals surface area (Å²) in [5.74, 6) is -2.92. The lowest BCUT2D eigenvalue weighted by atomic mass is 10.0. The average Bonchev–Trinajstić information content (AvgIpc) is 3.20. The van der Waals surface area contributed by atoms with E-state index in [1.165, 1.54) is 17.1 Å². The van der Waals surface area contributed by atoms with Crippen LogP contribution in [-0.2, 0) is 11.3 Å². The second kappa shape index (κ2) is 9.82. The number of hydrogen-bond acceptors (Lipinski definition) is 3. The molecule has 2 aromatic carbocycles. The number of carboxylic acid groups (broad SMARTS) is 1. The van der Waals surface area contributed by atoms with Crippen molar-refractivity contribution < 1.29 is 27.5 Å². The van der Waals surface area contributed by atoms with Gasteiger partial charge < -0.3 is 20.3 Å². The zero-order valence-electron chi connectivity index (χ0n) is 16.6. The largest absolute Gasteiger partial charge is 0.490 e. The Morgan fingerprint density at radius 3 is 2.45 bits per heavy atom. The Kier molecular flexibility index (Phi) is 7.17. The highest BCUT2D eigenvalue weighted by Gasteiger charge is 2.38. The first kappa shape index (κ1) is 22.6. The van der Waals surface area contributed by atoms with Gasteiger partial charge in [0.15, 0.2) is 0 Å². The van der Waals surface area contributed by atoms with Crippen LogP contribution in [0.4, 0.5) is 23.2 Å². The molecule has 0 aliphatic carbocycles. The number of aromatic nitrogens is 1. The second-order valence-electron chi connectivity index (χ2n) is 7.29. The number of nitrogens with zero attached hydrogens (tertiary/aromatic N) is 1. The number of fused-ring (bicyclic) bond motifs is 1.